The van der Waals surface area contributed by atoms with Crippen molar-refractivity contribution in [2.24, 2.45) is 0 Å². The fraction of sp³-hybridized carbons (Fsp3) is 0.500. The third kappa shape index (κ3) is 4.76. The van der Waals surface area contributed by atoms with E-state index in [1.807, 2.05) is 0 Å². The Kier molecular flexibility index (Phi) is 5.38. The third-order valence-corrected chi connectivity index (χ3v) is 4.47. The molecule has 0 spiro atoms. The first-order valence-corrected chi connectivity index (χ1v) is 8.78. The van der Waals surface area contributed by atoms with Crippen LogP contribution in [0.15, 0.2) is 35.7 Å². The highest BCUT2D eigenvalue weighted by atomic mass is 32.2. The molecule has 20 heavy (non-hydrogen) atoms. The summed E-state index contributed by atoms with van der Waals surface area (Å²) in [5, 5.41) is 0.871. The normalized spacial score (nSPS) is 17.1. The second kappa shape index (κ2) is 7.04. The molecule has 3 nitrogen and oxygen atoms in total. The molecule has 0 aromatic heterocycles. The van der Waals surface area contributed by atoms with Crippen molar-refractivity contribution in [1.82, 2.24) is 0 Å². The number of hydrogen-bond donors (Lipinski definition) is 1. The summed E-state index contributed by atoms with van der Waals surface area (Å²) < 4.78 is 29.7. The van der Waals surface area contributed by atoms with Crippen molar-refractivity contribution in [2.45, 2.75) is 50.9 Å². The second-order valence-electron chi connectivity index (χ2n) is 5.46. The Balaban J connectivity index is 1.91. The molecule has 1 aromatic rings. The molecule has 1 aliphatic rings. The molecule has 110 valence electrons. The van der Waals surface area contributed by atoms with E-state index in [1.54, 1.807) is 0 Å². The van der Waals surface area contributed by atoms with Gasteiger partial charge in [0.1, 0.15) is 0 Å². The van der Waals surface area contributed by atoms with Crippen LogP contribution in [0.25, 0.3) is 0 Å². The fourth-order valence-corrected chi connectivity index (χ4v) is 3.38. The first-order valence-electron chi connectivity index (χ1n) is 7.28. The molecule has 4 heteroatoms. The van der Waals surface area contributed by atoms with Crippen LogP contribution in [0.2, 0.25) is 0 Å². The lowest BCUT2D eigenvalue weighted by Crippen LogP contribution is -1.99. The summed E-state index contributed by atoms with van der Waals surface area (Å²) in [7, 11) is -3.97. The fourth-order valence-electron chi connectivity index (χ4n) is 3.00. The predicted octanol–water partition coefficient (Wildman–Crippen LogP) is 4.07. The molecule has 0 bridgehead atoms. The van der Waals surface area contributed by atoms with Crippen molar-refractivity contribution < 1.29 is 13.0 Å². The molecule has 0 radical (unpaired) electrons. The maximum atomic E-state index is 10.6. The Labute approximate surface area is 121 Å². The zero-order valence-electron chi connectivity index (χ0n) is 11.7. The van der Waals surface area contributed by atoms with Gasteiger partial charge in [0.2, 0.25) is 0 Å². The summed E-state index contributed by atoms with van der Waals surface area (Å²) in [5.41, 5.74) is 2.86. The van der Waals surface area contributed by atoms with Crippen LogP contribution in [-0.2, 0) is 16.5 Å². The molecule has 1 aromatic carbocycles. The van der Waals surface area contributed by atoms with Crippen LogP contribution >= 0.6 is 0 Å². The van der Waals surface area contributed by atoms with Crippen LogP contribution in [0.4, 0.5) is 0 Å². The number of allylic oxidation sites excluding steroid dienone is 1. The van der Waals surface area contributed by atoms with Gasteiger partial charge in [0.25, 0.3) is 10.1 Å². The van der Waals surface area contributed by atoms with E-state index >= 15 is 0 Å². The molecule has 2 rings (SSSR count). The van der Waals surface area contributed by atoms with Crippen LogP contribution in [0.3, 0.4) is 0 Å². The molecule has 1 N–H and O–H groups in total. The summed E-state index contributed by atoms with van der Waals surface area (Å²) >= 11 is 0. The maximum absolute atomic E-state index is 10.6. The van der Waals surface area contributed by atoms with Gasteiger partial charge in [0, 0.05) is 0 Å². The number of unbranched alkanes of at least 4 members (excludes halogenated alkanes) is 1. The highest BCUT2D eigenvalue weighted by Gasteiger charge is 2.18. The van der Waals surface area contributed by atoms with E-state index in [0.29, 0.717) is 12.3 Å². The lowest BCUT2D eigenvalue weighted by Gasteiger charge is -2.15. The lowest BCUT2D eigenvalue weighted by molar-refractivity contribution is 0.494. The van der Waals surface area contributed by atoms with Crippen LogP contribution in [0, 0.1) is 0 Å². The molecule has 0 unspecified atom stereocenters. The Bertz CT molecular complexity index is 555. The summed E-state index contributed by atoms with van der Waals surface area (Å²) in [4.78, 5) is 0. The van der Waals surface area contributed by atoms with E-state index in [-0.39, 0.29) is 0 Å². The van der Waals surface area contributed by atoms with Crippen LogP contribution < -0.4 is 0 Å². The van der Waals surface area contributed by atoms with E-state index in [1.165, 1.54) is 42.9 Å². The minimum Gasteiger partial charge on any atom is -0.282 e. The molecule has 1 aliphatic carbocycles. The maximum Gasteiger partial charge on any atom is 0.287 e. The predicted molar refractivity (Wildman–Crippen MR) is 81.3 cm³/mol. The van der Waals surface area contributed by atoms with Crippen molar-refractivity contribution >= 4 is 10.1 Å². The highest BCUT2D eigenvalue weighted by molar-refractivity contribution is 7.88. The summed E-state index contributed by atoms with van der Waals surface area (Å²) in [6.07, 6.45) is 9.29. The van der Waals surface area contributed by atoms with Gasteiger partial charge in [-0.1, -0.05) is 43.2 Å². The van der Waals surface area contributed by atoms with Gasteiger partial charge in [-0.2, -0.15) is 8.42 Å². The SMILES string of the molecule is O=S(=O)(O)C=CCCCc1ccccc1C1CCCC1. The van der Waals surface area contributed by atoms with Crippen molar-refractivity contribution in [1.29, 1.82) is 0 Å². The molecular weight excluding hydrogens is 272 g/mol. The van der Waals surface area contributed by atoms with Gasteiger partial charge in [-0.25, -0.2) is 0 Å². The van der Waals surface area contributed by atoms with Crippen molar-refractivity contribution in [2.75, 3.05) is 0 Å². The molecule has 0 aliphatic heterocycles. The topological polar surface area (TPSA) is 54.4 Å². The zero-order valence-corrected chi connectivity index (χ0v) is 12.5. The Morgan fingerprint density at radius 3 is 2.60 bits per heavy atom. The molecule has 0 atom stereocenters. The van der Waals surface area contributed by atoms with Gasteiger partial charge in [0.05, 0.1) is 5.41 Å². The van der Waals surface area contributed by atoms with Crippen LogP contribution in [0.5, 0.6) is 0 Å². The Morgan fingerprint density at radius 1 is 1.20 bits per heavy atom. The monoisotopic (exact) mass is 294 g/mol. The van der Waals surface area contributed by atoms with Gasteiger partial charge in [-0.05, 0) is 49.1 Å². The van der Waals surface area contributed by atoms with E-state index in [0.717, 1.165) is 18.2 Å². The first kappa shape index (κ1) is 15.3. The molecule has 1 saturated carbocycles. The lowest BCUT2D eigenvalue weighted by atomic mass is 9.91. The molecule has 1 fully saturated rings. The van der Waals surface area contributed by atoms with Gasteiger partial charge in [-0.3, -0.25) is 4.55 Å². The van der Waals surface area contributed by atoms with Crippen molar-refractivity contribution in [3.8, 4) is 0 Å². The van der Waals surface area contributed by atoms with Gasteiger partial charge >= 0.3 is 0 Å². The van der Waals surface area contributed by atoms with E-state index < -0.39 is 10.1 Å². The Hall–Kier alpha value is -1.13. The average molecular weight is 294 g/mol. The van der Waals surface area contributed by atoms with Gasteiger partial charge in [0.15, 0.2) is 0 Å². The summed E-state index contributed by atoms with van der Waals surface area (Å²) in [6, 6.07) is 8.59. The quantitative estimate of drug-likeness (QED) is 0.635. The largest absolute Gasteiger partial charge is 0.287 e. The number of hydrogen-bond acceptors (Lipinski definition) is 2. The standard InChI is InChI=1S/C16H22O3S/c17-20(18,19)13-7-1-2-8-14-11-5-6-12-16(14)15-9-3-4-10-15/h5-7,11-13,15H,1-4,8-10H2,(H,17,18,19). The smallest absolute Gasteiger partial charge is 0.282 e. The van der Waals surface area contributed by atoms with Crippen LogP contribution in [0.1, 0.15) is 55.6 Å². The minimum atomic E-state index is -3.97. The van der Waals surface area contributed by atoms with Gasteiger partial charge < -0.3 is 0 Å². The Morgan fingerprint density at radius 2 is 1.90 bits per heavy atom. The minimum absolute atomic E-state index is 0.665. The summed E-state index contributed by atoms with van der Waals surface area (Å²) in [5.74, 6) is 0.708. The average Bonchev–Trinajstić information content (AvgIpc) is 2.91. The summed E-state index contributed by atoms with van der Waals surface area (Å²) in [6.45, 7) is 0. The molecule has 0 heterocycles. The highest BCUT2D eigenvalue weighted by Crippen LogP contribution is 2.36. The number of benzene rings is 1. The second-order valence-corrected chi connectivity index (χ2v) is 6.76. The van der Waals surface area contributed by atoms with E-state index in [2.05, 4.69) is 24.3 Å². The molecular formula is C16H22O3S. The third-order valence-electron chi connectivity index (χ3n) is 3.94. The van der Waals surface area contributed by atoms with Crippen molar-refractivity contribution in [3.63, 3.8) is 0 Å². The zero-order chi connectivity index (χ0) is 14.4. The van der Waals surface area contributed by atoms with Crippen LogP contribution in [-0.4, -0.2) is 13.0 Å². The number of rotatable bonds is 6. The van der Waals surface area contributed by atoms with Crippen molar-refractivity contribution in [3.05, 3.63) is 46.9 Å². The van der Waals surface area contributed by atoms with E-state index in [4.69, 9.17) is 4.55 Å². The number of aryl methyl sites for hydroxylation is 1. The van der Waals surface area contributed by atoms with E-state index in [9.17, 15) is 8.42 Å². The van der Waals surface area contributed by atoms with Gasteiger partial charge in [-0.15, -0.1) is 0 Å². The molecule has 0 amide bonds. The molecule has 0 saturated heterocycles. The first-order chi connectivity index (χ1) is 9.56.